The van der Waals surface area contributed by atoms with E-state index in [4.69, 9.17) is 18.9 Å². The highest BCUT2D eigenvalue weighted by Gasteiger charge is 2.85. The van der Waals surface area contributed by atoms with Crippen LogP contribution in [0.15, 0.2) is 12.7 Å². The molecule has 20 heavy (non-hydrogen) atoms. The molecule has 3 fully saturated rings. The maximum atomic E-state index is 12.4. The van der Waals surface area contributed by atoms with Gasteiger partial charge in [0, 0.05) is 12.5 Å². The molecule has 2 saturated heterocycles. The Morgan fingerprint density at radius 1 is 1.40 bits per heavy atom. The Bertz CT molecular complexity index is 459. The highest BCUT2D eigenvalue weighted by molar-refractivity contribution is 5.78. The van der Waals surface area contributed by atoms with Crippen LogP contribution in [-0.2, 0) is 23.7 Å². The fourth-order valence-electron chi connectivity index (χ4n) is 4.77. The van der Waals surface area contributed by atoms with Crippen LogP contribution in [0, 0.1) is 17.3 Å². The number of carbonyl (C=O) groups excluding carboxylic acids is 1. The van der Waals surface area contributed by atoms with E-state index in [0.717, 1.165) is 6.42 Å². The number of rotatable bonds is 3. The van der Waals surface area contributed by atoms with Gasteiger partial charge in [-0.05, 0) is 20.3 Å². The van der Waals surface area contributed by atoms with Crippen molar-refractivity contribution in [1.29, 1.82) is 0 Å². The number of carbonyl (C=O) groups is 1. The SMILES string of the molecule is C=C[C@@]12[C@H](C(=O)OC)[C@@]3(OC)OCC[C@H](OC1(C)C)[C@H]32. The average molecular weight is 282 g/mol. The molecule has 0 aromatic carbocycles. The highest BCUT2D eigenvalue weighted by atomic mass is 16.7. The van der Waals surface area contributed by atoms with Crippen molar-refractivity contribution < 1.29 is 23.7 Å². The van der Waals surface area contributed by atoms with E-state index in [0.29, 0.717) is 6.61 Å². The van der Waals surface area contributed by atoms with E-state index in [1.54, 1.807) is 7.11 Å². The molecule has 5 atom stereocenters. The van der Waals surface area contributed by atoms with Gasteiger partial charge in [0.05, 0.1) is 31.3 Å². The van der Waals surface area contributed by atoms with Gasteiger partial charge in [0.15, 0.2) is 5.79 Å². The number of hydrogen-bond acceptors (Lipinski definition) is 5. The van der Waals surface area contributed by atoms with Crippen LogP contribution in [0.3, 0.4) is 0 Å². The second-order valence-electron chi connectivity index (χ2n) is 6.30. The smallest absolute Gasteiger partial charge is 0.315 e. The lowest BCUT2D eigenvalue weighted by Crippen LogP contribution is -2.77. The zero-order chi connectivity index (χ0) is 14.8. The molecule has 0 aromatic rings. The first-order valence-electron chi connectivity index (χ1n) is 6.99. The molecule has 1 aliphatic carbocycles. The summed E-state index contributed by atoms with van der Waals surface area (Å²) in [6, 6.07) is 0. The van der Waals surface area contributed by atoms with Crippen molar-refractivity contribution in [2.45, 2.75) is 37.8 Å². The molecule has 3 rings (SSSR count). The third-order valence-electron chi connectivity index (χ3n) is 5.51. The van der Waals surface area contributed by atoms with Crippen molar-refractivity contribution >= 4 is 5.97 Å². The molecule has 3 aliphatic rings. The summed E-state index contributed by atoms with van der Waals surface area (Å²) in [7, 11) is 2.97. The van der Waals surface area contributed by atoms with Crippen molar-refractivity contribution in [2.75, 3.05) is 20.8 Å². The van der Waals surface area contributed by atoms with Gasteiger partial charge in [0.2, 0.25) is 0 Å². The van der Waals surface area contributed by atoms with Gasteiger partial charge in [-0.25, -0.2) is 0 Å². The van der Waals surface area contributed by atoms with Crippen LogP contribution in [0.1, 0.15) is 20.3 Å². The van der Waals surface area contributed by atoms with E-state index >= 15 is 0 Å². The molecule has 0 N–H and O–H groups in total. The van der Waals surface area contributed by atoms with Gasteiger partial charge >= 0.3 is 5.97 Å². The van der Waals surface area contributed by atoms with Gasteiger partial charge < -0.3 is 18.9 Å². The van der Waals surface area contributed by atoms with E-state index in [1.165, 1.54) is 7.11 Å². The number of esters is 1. The maximum Gasteiger partial charge on any atom is 0.315 e. The zero-order valence-electron chi connectivity index (χ0n) is 12.5. The van der Waals surface area contributed by atoms with E-state index < -0.39 is 22.7 Å². The van der Waals surface area contributed by atoms with E-state index in [-0.39, 0.29) is 18.0 Å². The fraction of sp³-hybridized carbons (Fsp3) is 0.800. The Labute approximate surface area is 119 Å². The molecule has 0 amide bonds. The normalized spacial score (nSPS) is 48.1. The predicted octanol–water partition coefficient (Wildman–Crippen LogP) is 1.52. The summed E-state index contributed by atoms with van der Waals surface area (Å²) < 4.78 is 22.8. The second kappa shape index (κ2) is 4.06. The molecule has 0 radical (unpaired) electrons. The quantitative estimate of drug-likeness (QED) is 0.580. The summed E-state index contributed by atoms with van der Waals surface area (Å²) in [6.07, 6.45) is 2.67. The molecule has 0 bridgehead atoms. The minimum Gasteiger partial charge on any atom is -0.469 e. The first-order chi connectivity index (χ1) is 9.41. The Hall–Kier alpha value is -0.910. The van der Waals surface area contributed by atoms with Gasteiger partial charge in [-0.15, -0.1) is 6.58 Å². The Morgan fingerprint density at radius 2 is 2.10 bits per heavy atom. The van der Waals surface area contributed by atoms with Gasteiger partial charge in [0.1, 0.15) is 5.92 Å². The first-order valence-corrected chi connectivity index (χ1v) is 6.99. The Kier molecular flexibility index (Phi) is 2.85. The topological polar surface area (TPSA) is 54.0 Å². The first kappa shape index (κ1) is 14.0. The van der Waals surface area contributed by atoms with Crippen molar-refractivity contribution in [1.82, 2.24) is 0 Å². The fourth-order valence-corrected chi connectivity index (χ4v) is 4.77. The van der Waals surface area contributed by atoms with Gasteiger partial charge in [0.25, 0.3) is 0 Å². The molecule has 5 heteroatoms. The number of ether oxygens (including phenoxy) is 4. The summed E-state index contributed by atoms with van der Waals surface area (Å²) in [4.78, 5) is 12.4. The van der Waals surface area contributed by atoms with E-state index in [2.05, 4.69) is 6.58 Å². The standard InChI is InChI=1S/C15H22O5/c1-6-14-10-9(20-13(14,2)3)7-8-19-15(10,18-5)11(14)12(16)17-4/h6,9-11H,1,7-8H2,2-5H3/t9-,10-,11-,14+,15-/m0/s1. The van der Waals surface area contributed by atoms with Gasteiger partial charge in [-0.3, -0.25) is 4.79 Å². The largest absolute Gasteiger partial charge is 0.469 e. The zero-order valence-corrected chi connectivity index (χ0v) is 12.5. The van der Waals surface area contributed by atoms with Crippen LogP contribution in [0.4, 0.5) is 0 Å². The molecule has 0 spiro atoms. The minimum absolute atomic E-state index is 0.0228. The third kappa shape index (κ3) is 1.23. The summed E-state index contributed by atoms with van der Waals surface area (Å²) in [5, 5.41) is 0. The molecular weight excluding hydrogens is 260 g/mol. The number of methoxy groups -OCH3 is 2. The van der Waals surface area contributed by atoms with Crippen LogP contribution < -0.4 is 0 Å². The molecule has 2 aliphatic heterocycles. The van der Waals surface area contributed by atoms with E-state index in [9.17, 15) is 4.79 Å². The lowest BCUT2D eigenvalue weighted by molar-refractivity contribution is -0.385. The van der Waals surface area contributed by atoms with Crippen molar-refractivity contribution in [3.8, 4) is 0 Å². The van der Waals surface area contributed by atoms with Crippen LogP contribution in [0.25, 0.3) is 0 Å². The molecule has 2 heterocycles. The molecular formula is C15H22O5. The Morgan fingerprint density at radius 3 is 2.65 bits per heavy atom. The monoisotopic (exact) mass is 282 g/mol. The van der Waals surface area contributed by atoms with Crippen LogP contribution in [0.5, 0.6) is 0 Å². The second-order valence-corrected chi connectivity index (χ2v) is 6.30. The third-order valence-corrected chi connectivity index (χ3v) is 5.51. The van der Waals surface area contributed by atoms with Crippen LogP contribution in [-0.4, -0.2) is 44.3 Å². The lowest BCUT2D eigenvalue weighted by atomic mass is 9.43. The molecule has 0 aromatic heterocycles. The van der Waals surface area contributed by atoms with E-state index in [1.807, 2.05) is 19.9 Å². The van der Waals surface area contributed by atoms with Gasteiger partial charge in [-0.1, -0.05) is 6.08 Å². The minimum atomic E-state index is -0.946. The van der Waals surface area contributed by atoms with Crippen LogP contribution >= 0.6 is 0 Å². The molecule has 1 saturated carbocycles. The average Bonchev–Trinajstić information content (AvgIpc) is 2.62. The lowest BCUT2D eigenvalue weighted by Gasteiger charge is -2.65. The Balaban J connectivity index is 2.16. The van der Waals surface area contributed by atoms with Crippen molar-refractivity contribution in [3.63, 3.8) is 0 Å². The molecule has 112 valence electrons. The summed E-state index contributed by atoms with van der Waals surface area (Å²) in [6.45, 7) is 8.50. The maximum absolute atomic E-state index is 12.4. The number of hydrogen-bond donors (Lipinski definition) is 0. The van der Waals surface area contributed by atoms with Crippen molar-refractivity contribution in [3.05, 3.63) is 12.7 Å². The summed E-state index contributed by atoms with van der Waals surface area (Å²) in [5.41, 5.74) is -1.01. The highest BCUT2D eigenvalue weighted by Crippen LogP contribution is 2.73. The van der Waals surface area contributed by atoms with Crippen LogP contribution in [0.2, 0.25) is 0 Å². The van der Waals surface area contributed by atoms with Crippen molar-refractivity contribution in [2.24, 2.45) is 17.3 Å². The summed E-state index contributed by atoms with van der Waals surface area (Å²) in [5.74, 6) is -1.85. The molecule has 5 nitrogen and oxygen atoms in total. The molecule has 0 unspecified atom stereocenters. The summed E-state index contributed by atoms with van der Waals surface area (Å²) >= 11 is 0. The van der Waals surface area contributed by atoms with Gasteiger partial charge in [-0.2, -0.15) is 0 Å². The predicted molar refractivity (Wildman–Crippen MR) is 70.9 cm³/mol.